The summed E-state index contributed by atoms with van der Waals surface area (Å²) < 4.78 is 26.0. The van der Waals surface area contributed by atoms with Crippen molar-refractivity contribution in [2.24, 2.45) is 0 Å². The van der Waals surface area contributed by atoms with Gasteiger partial charge in [-0.05, 0) is 281 Å². The predicted molar refractivity (Wildman–Crippen MR) is 588 cm³/mol. The van der Waals surface area contributed by atoms with Gasteiger partial charge in [-0.2, -0.15) is 36.4 Å². The van der Waals surface area contributed by atoms with Crippen LogP contribution in [0.15, 0.2) is 283 Å². The van der Waals surface area contributed by atoms with Crippen molar-refractivity contribution < 1.29 is 77.4 Å². The van der Waals surface area contributed by atoms with Crippen molar-refractivity contribution in [2.75, 3.05) is 29.4 Å². The van der Waals surface area contributed by atoms with E-state index in [9.17, 15) is 0 Å². The second kappa shape index (κ2) is 41.1. The minimum Gasteiger partial charge on any atom is -0.509 e. The third-order valence-electron chi connectivity index (χ3n) is 28.9. The summed E-state index contributed by atoms with van der Waals surface area (Å²) in [5.41, 5.74) is 36.3. The fraction of sp³-hybridized carbons (Fsp3) is 0.244. The summed E-state index contributed by atoms with van der Waals surface area (Å²) in [6.07, 6.45) is 5.69. The van der Waals surface area contributed by atoms with Gasteiger partial charge >= 0.3 is 0 Å². The van der Waals surface area contributed by atoms with Gasteiger partial charge in [0, 0.05) is 184 Å². The molecule has 0 aliphatic carbocycles. The van der Waals surface area contributed by atoms with Crippen LogP contribution >= 0.6 is 0 Å². The molecule has 0 unspecified atom stereocenters. The average molecular weight is 2450 g/mol. The Kier molecular flexibility index (Phi) is 29.7. The first-order valence-electron chi connectivity index (χ1n) is 49.1. The Morgan fingerprint density at radius 3 is 0.876 bits per heavy atom. The maximum Gasteiger partial charge on any atom is 0.135 e. The van der Waals surface area contributed by atoms with Crippen LogP contribution in [0.5, 0.6) is 34.5 Å². The Morgan fingerprint density at radius 1 is 0.241 bits per heavy atom. The monoisotopic (exact) mass is 2450 g/mol. The van der Waals surface area contributed by atoms with Crippen molar-refractivity contribution >= 4 is 99.5 Å². The molecule has 9 heterocycles. The van der Waals surface area contributed by atoms with Crippen molar-refractivity contribution in [3.63, 3.8) is 0 Å². The third kappa shape index (κ3) is 20.3. The van der Waals surface area contributed by atoms with Gasteiger partial charge in [0.15, 0.2) is 0 Å². The molecule has 0 bridgehead atoms. The molecule has 0 amide bonds. The van der Waals surface area contributed by atoms with Crippen LogP contribution in [0.4, 0.5) is 34.1 Å². The molecule has 12 aromatic carbocycles. The normalized spacial score (nSPS) is 13.6. The number of para-hydroxylation sites is 3. The van der Waals surface area contributed by atoms with Crippen molar-refractivity contribution in [1.82, 2.24) is 28.7 Å². The zero-order valence-electron chi connectivity index (χ0n) is 87.9. The van der Waals surface area contributed by atoms with Crippen molar-refractivity contribution in [3.05, 3.63) is 412 Å². The minimum absolute atomic E-state index is 0. The molecule has 0 saturated heterocycles. The number of ether oxygens (including phenoxy) is 3. The van der Waals surface area contributed by atoms with E-state index in [-0.39, 0.29) is 84.9 Å². The van der Waals surface area contributed by atoms with E-state index in [0.717, 1.165) is 117 Å². The first-order valence-corrected chi connectivity index (χ1v) is 49.1. The first-order chi connectivity index (χ1) is 67.6. The zero-order chi connectivity index (χ0) is 100. The smallest absolute Gasteiger partial charge is 0.135 e. The van der Waals surface area contributed by atoms with E-state index in [0.29, 0.717) is 34.5 Å². The second-order valence-corrected chi connectivity index (χ2v) is 42.3. The number of anilines is 6. The SMILES string of the molecule is CC1=C(C)N(c2c(C)c(C)c(C)c(C)c2C)[CH-]N1c1[c-]c(Oc2[c-]c3c(cc2)c2ccccc2n3-c2cc(C(C)(C)C)ccn2)ccc1.CC1=C(C)N(c2cc(C)c(C)cc2C)[CH-]N1c1[c-]c(Oc2[c-]c3c(cc2)c2ccccc2n3-c2cc(C(C)(C)C)ccn2)ccc1.CC1=C(C)N(c2ccc(C(C)(C)C)cc2C)[CH-]N1c1[c-]c(Oc2[c-]c3c(cc2)c2ccccc2n3-c2cc(C(C)(C)C)ccn2)ccc1.[Pt].[Pt].[Pt]. The molecule has 21 rings (SSSR count). The summed E-state index contributed by atoms with van der Waals surface area (Å²) >= 11 is 0. The van der Waals surface area contributed by atoms with Gasteiger partial charge in [-0.1, -0.05) is 172 Å². The molecule has 145 heavy (non-hydrogen) atoms. The van der Waals surface area contributed by atoms with Gasteiger partial charge in [-0.3, -0.25) is 0 Å². The van der Waals surface area contributed by atoms with E-state index in [1.165, 1.54) is 106 Å². The van der Waals surface area contributed by atoms with Crippen LogP contribution in [0.25, 0.3) is 82.9 Å². The Hall–Kier alpha value is -13.0. The number of pyridine rings is 3. The van der Waals surface area contributed by atoms with Crippen LogP contribution < -0.4 is 43.6 Å². The zero-order valence-corrected chi connectivity index (χ0v) is 94.8. The topological polar surface area (TPSA) is 101 Å². The van der Waals surface area contributed by atoms with Gasteiger partial charge in [0.1, 0.15) is 17.5 Å². The Balaban J connectivity index is 0.000000154. The van der Waals surface area contributed by atoms with Crippen LogP contribution in [-0.4, -0.2) is 28.7 Å². The number of aryl methyl sites for hydroxylation is 4. The van der Waals surface area contributed by atoms with E-state index in [1.807, 2.05) is 73.2 Å². The fourth-order valence-electron chi connectivity index (χ4n) is 19.6. The molecule has 0 fully saturated rings. The molecule has 0 radical (unpaired) electrons. The summed E-state index contributed by atoms with van der Waals surface area (Å²) in [4.78, 5) is 27.8. The van der Waals surface area contributed by atoms with Gasteiger partial charge in [-0.25, -0.2) is 15.0 Å². The molecular formula is C127H125N12O3Pt3-9. The largest absolute Gasteiger partial charge is 0.509 e. The minimum atomic E-state index is 0. The van der Waals surface area contributed by atoms with E-state index >= 15 is 0 Å². The number of fused-ring (bicyclic) bond motifs is 9. The number of hydrogen-bond acceptors (Lipinski definition) is 12. The van der Waals surface area contributed by atoms with Crippen molar-refractivity contribution in [1.29, 1.82) is 0 Å². The molecule has 3 aliphatic rings. The fourth-order valence-corrected chi connectivity index (χ4v) is 19.6. The third-order valence-corrected chi connectivity index (χ3v) is 28.9. The number of allylic oxidation sites excluding steroid dienone is 6. The maximum atomic E-state index is 6.49. The summed E-state index contributed by atoms with van der Waals surface area (Å²) in [5.74, 6) is 6.35. The maximum absolute atomic E-state index is 6.49. The van der Waals surface area contributed by atoms with Gasteiger partial charge in [-0.15, -0.1) is 144 Å². The molecule has 750 valence electrons. The van der Waals surface area contributed by atoms with E-state index < -0.39 is 0 Å². The van der Waals surface area contributed by atoms with Crippen LogP contribution in [0, 0.1) is 119 Å². The Morgan fingerprint density at radius 2 is 0.531 bits per heavy atom. The Labute approximate surface area is 900 Å². The molecule has 0 saturated carbocycles. The second-order valence-electron chi connectivity index (χ2n) is 42.3. The quantitative estimate of drug-likeness (QED) is 0.0914. The van der Waals surface area contributed by atoms with E-state index in [4.69, 9.17) is 29.2 Å². The number of nitrogens with zero attached hydrogens (tertiary/aromatic N) is 12. The Bertz CT molecular complexity index is 8130. The van der Waals surface area contributed by atoms with Crippen LogP contribution in [0.3, 0.4) is 0 Å². The van der Waals surface area contributed by atoms with Crippen molar-refractivity contribution in [3.8, 4) is 52.0 Å². The molecule has 0 N–H and O–H groups in total. The number of hydrogen-bond donors (Lipinski definition) is 0. The standard InChI is InChI=1S/2C43H43N4O.C41H39N4O.3Pt/c1-26-27(2)29(4)42(30(5)28(26)3)46-25-45(31(6)32(46)7)34-14-13-15-35(23-34)48-36-18-19-38-37-16-11-12-17-39(37)47(40(38)24-36)41-22-33(20-21-44-41)43(8,9)10;1-28-23-31(42(4,5)6)17-20-38(28)46-27-45(29(2)30(46)3)33-13-12-14-34(25-33)48-35-18-19-37-36-15-10-11-16-39(36)47(40(37)26-35)41-24-32(21-22-44-41)43(7,8)9;1-26-20-28(3)38(21-27(26)2)44-25-43(29(4)30(44)5)32-12-11-13-33(23-32)46-34-16-17-36-35-14-9-10-15-37(35)45(39(36)24-34)40-22-31(18-19-42-40)41(6,7)8;;;/h11-22,25H,1-10H3;10-24,27H,1-9H3;9-22,25H,1-8H3;;;/q3*-3;;;. The number of rotatable bonds is 15. The molecular weight excluding hydrogens is 2330 g/mol. The van der Waals surface area contributed by atoms with Gasteiger partial charge in [0.05, 0.1) is 0 Å². The summed E-state index contributed by atoms with van der Waals surface area (Å²) in [6.45, 7) is 66.0. The van der Waals surface area contributed by atoms with Crippen molar-refractivity contribution in [2.45, 2.75) is 209 Å². The molecule has 3 aliphatic heterocycles. The molecule has 18 heteroatoms. The van der Waals surface area contributed by atoms with Crippen LogP contribution in [-0.2, 0) is 84.9 Å². The number of aromatic nitrogens is 6. The summed E-state index contributed by atoms with van der Waals surface area (Å²) in [5, 5.41) is 6.78. The molecule has 0 spiro atoms. The van der Waals surface area contributed by atoms with E-state index in [1.54, 1.807) is 0 Å². The van der Waals surface area contributed by atoms with Crippen LogP contribution in [0.1, 0.15) is 197 Å². The predicted octanol–water partition coefficient (Wildman–Crippen LogP) is 32.8. The van der Waals surface area contributed by atoms with Gasteiger partial charge in [0.25, 0.3) is 0 Å². The summed E-state index contributed by atoms with van der Waals surface area (Å²) in [7, 11) is 0. The molecule has 15 nitrogen and oxygen atoms in total. The number of benzene rings is 12. The molecule has 18 aromatic rings. The van der Waals surface area contributed by atoms with E-state index in [2.05, 4.69) is 462 Å². The summed E-state index contributed by atoms with van der Waals surface area (Å²) in [6, 6.07) is 101. The van der Waals surface area contributed by atoms with Gasteiger partial charge in [0.2, 0.25) is 0 Å². The van der Waals surface area contributed by atoms with Crippen LogP contribution in [0.2, 0.25) is 0 Å². The molecule has 0 atom stereocenters. The van der Waals surface area contributed by atoms with Gasteiger partial charge < -0.3 is 57.3 Å². The average Bonchev–Trinajstić information content (AvgIpc) is 1.61. The first kappa shape index (κ1) is 105. The molecule has 6 aromatic heterocycles.